The fraction of sp³-hybridized carbons (Fsp3) is 0.238. The summed E-state index contributed by atoms with van der Waals surface area (Å²) in [4.78, 5) is 59.8. The second-order valence-electron chi connectivity index (χ2n) is 14.5. The minimum Gasteiger partial charge on any atom is -0.502 e. The SMILES string of the molecule is COc1cc(C=C[C@H]2C3=CC[C@@H]4C(=O)N(c5cccc(B(O)O)c5)C(=O)[C@@H]4[C@@H]3C[C@H]3C(=O)N(Nc4ccc(F)cc4)C(=O)[C@@]23c2ccc(Cl)cc2)cc(OC)c1O. The molecule has 6 atom stereocenters. The van der Waals surface area contributed by atoms with E-state index in [4.69, 9.17) is 21.1 Å². The van der Waals surface area contributed by atoms with Crippen molar-refractivity contribution < 1.29 is 48.2 Å². The van der Waals surface area contributed by atoms with E-state index in [0.717, 1.165) is 9.91 Å². The van der Waals surface area contributed by atoms with E-state index in [1.165, 1.54) is 56.7 Å². The van der Waals surface area contributed by atoms with E-state index in [2.05, 4.69) is 5.43 Å². The highest BCUT2D eigenvalue weighted by Crippen LogP contribution is 2.61. The van der Waals surface area contributed by atoms with E-state index >= 15 is 4.79 Å². The molecule has 1 saturated carbocycles. The number of fused-ring (bicyclic) bond motifs is 4. The third-order valence-corrected chi connectivity index (χ3v) is 12.0. The van der Waals surface area contributed by atoms with Gasteiger partial charge < -0.3 is 24.6 Å². The number of anilines is 2. The van der Waals surface area contributed by atoms with Crippen molar-refractivity contribution in [3.8, 4) is 17.2 Å². The third-order valence-electron chi connectivity index (χ3n) is 11.7. The van der Waals surface area contributed by atoms with Gasteiger partial charge in [-0.25, -0.2) is 4.39 Å². The first-order chi connectivity index (χ1) is 27.4. The number of imide groups is 2. The third kappa shape index (κ3) is 6.06. The Morgan fingerprint density at radius 2 is 1.58 bits per heavy atom. The molecule has 0 unspecified atom stereocenters. The summed E-state index contributed by atoms with van der Waals surface area (Å²) in [6.45, 7) is 0. The Morgan fingerprint density at radius 1 is 0.895 bits per heavy atom. The number of carbonyl (C=O) groups is 4. The zero-order chi connectivity index (χ0) is 40.3. The Labute approximate surface area is 331 Å². The van der Waals surface area contributed by atoms with Crippen molar-refractivity contribution in [3.05, 3.63) is 125 Å². The number of hydrogen-bond donors (Lipinski definition) is 4. The van der Waals surface area contributed by atoms with Crippen molar-refractivity contribution in [2.75, 3.05) is 24.5 Å². The summed E-state index contributed by atoms with van der Waals surface area (Å²) in [5, 5.41) is 31.7. The van der Waals surface area contributed by atoms with Gasteiger partial charge in [-0.2, -0.15) is 5.01 Å². The lowest BCUT2D eigenvalue weighted by Crippen LogP contribution is -2.54. The van der Waals surface area contributed by atoms with Crippen LogP contribution in [0.25, 0.3) is 6.08 Å². The number of phenols is 1. The molecule has 8 rings (SSSR count). The molecule has 2 aliphatic heterocycles. The van der Waals surface area contributed by atoms with Crippen molar-refractivity contribution in [1.29, 1.82) is 0 Å². The van der Waals surface area contributed by atoms with Gasteiger partial charge in [0, 0.05) is 10.9 Å². The summed E-state index contributed by atoms with van der Waals surface area (Å²) in [7, 11) is 0.966. The van der Waals surface area contributed by atoms with Gasteiger partial charge in [0.1, 0.15) is 5.82 Å². The Hall–Kier alpha value is -5.96. The van der Waals surface area contributed by atoms with Crippen molar-refractivity contribution >= 4 is 65.3 Å². The van der Waals surface area contributed by atoms with Gasteiger partial charge in [-0.1, -0.05) is 59.7 Å². The predicted octanol–water partition coefficient (Wildman–Crippen LogP) is 4.62. The van der Waals surface area contributed by atoms with E-state index in [-0.39, 0.29) is 46.9 Å². The molecule has 12 nitrogen and oxygen atoms in total. The average molecular weight is 792 g/mol. The van der Waals surface area contributed by atoms with Crippen LogP contribution >= 0.6 is 11.6 Å². The standard InChI is InChI=1S/C42H36BClFN3O9/c1-56-34-18-22(19-35(57-2)37(34)49)6-17-32-29-15-16-30-36(40(52)47(38(30)50)28-5-3-4-24(20-28)43(54)55)31(29)21-33-39(51)48(46-27-13-11-26(45)12-14-27)41(53)42(32,33)23-7-9-25(44)10-8-23/h3-15,17-20,30-33,36,46,49,54-55H,16,21H2,1-2H3/t30-,31+,32-,33-,36-,42-/m0/s1. The number of methoxy groups -OCH3 is 2. The molecule has 3 fully saturated rings. The lowest BCUT2D eigenvalue weighted by atomic mass is 9.50. The number of nitrogens with zero attached hydrogens (tertiary/aromatic N) is 2. The topological polar surface area (TPSA) is 166 Å². The number of nitrogens with one attached hydrogen (secondary N) is 1. The number of hydrazine groups is 1. The fourth-order valence-corrected chi connectivity index (χ4v) is 9.32. The quantitative estimate of drug-likeness (QED) is 0.107. The Kier molecular flexibility index (Phi) is 9.67. The number of rotatable bonds is 9. The summed E-state index contributed by atoms with van der Waals surface area (Å²) >= 11 is 6.37. The molecule has 0 bridgehead atoms. The van der Waals surface area contributed by atoms with Gasteiger partial charge in [-0.3, -0.25) is 29.5 Å². The number of allylic oxidation sites excluding steroid dienone is 3. The fourth-order valence-electron chi connectivity index (χ4n) is 9.20. The van der Waals surface area contributed by atoms with Crippen LogP contribution in [0, 0.1) is 35.4 Å². The molecule has 15 heteroatoms. The van der Waals surface area contributed by atoms with Gasteiger partial charge >= 0.3 is 7.12 Å². The number of ether oxygens (including phenoxy) is 2. The molecule has 0 radical (unpaired) electrons. The van der Waals surface area contributed by atoms with Crippen LogP contribution in [0.5, 0.6) is 17.2 Å². The zero-order valence-electron chi connectivity index (χ0n) is 30.6. The lowest BCUT2D eigenvalue weighted by Gasteiger charge is -2.49. The molecule has 2 aliphatic carbocycles. The molecule has 4 N–H and O–H groups in total. The largest absolute Gasteiger partial charge is 0.502 e. The number of aromatic hydroxyl groups is 1. The molecule has 0 aromatic heterocycles. The second kappa shape index (κ2) is 14.5. The van der Waals surface area contributed by atoms with Gasteiger partial charge in [0.05, 0.1) is 48.8 Å². The summed E-state index contributed by atoms with van der Waals surface area (Å²) in [6.07, 6.45) is 5.60. The van der Waals surface area contributed by atoms with E-state index < -0.39 is 71.6 Å². The summed E-state index contributed by atoms with van der Waals surface area (Å²) in [5.74, 6) is -6.88. The van der Waals surface area contributed by atoms with Crippen molar-refractivity contribution in [2.24, 2.45) is 29.6 Å². The van der Waals surface area contributed by atoms with E-state index in [9.17, 15) is 33.9 Å². The van der Waals surface area contributed by atoms with E-state index in [0.29, 0.717) is 21.7 Å². The van der Waals surface area contributed by atoms with Crippen LogP contribution in [0.3, 0.4) is 0 Å². The van der Waals surface area contributed by atoms with Crippen molar-refractivity contribution in [3.63, 3.8) is 0 Å². The van der Waals surface area contributed by atoms with Gasteiger partial charge in [0.15, 0.2) is 11.5 Å². The van der Waals surface area contributed by atoms with Crippen molar-refractivity contribution in [1.82, 2.24) is 5.01 Å². The minimum atomic E-state index is -1.83. The normalized spacial score (nSPS) is 25.3. The average Bonchev–Trinajstić information content (AvgIpc) is 3.59. The summed E-state index contributed by atoms with van der Waals surface area (Å²) in [5.41, 5.74) is 3.60. The molecule has 57 heavy (non-hydrogen) atoms. The second-order valence-corrected chi connectivity index (χ2v) is 15.0. The maximum absolute atomic E-state index is 15.3. The van der Waals surface area contributed by atoms with Crippen molar-refractivity contribution in [2.45, 2.75) is 18.3 Å². The van der Waals surface area contributed by atoms with Crippen LogP contribution in [-0.4, -0.2) is 65.1 Å². The highest BCUT2D eigenvalue weighted by Gasteiger charge is 2.69. The lowest BCUT2D eigenvalue weighted by molar-refractivity contribution is -0.139. The molecule has 0 spiro atoms. The van der Waals surface area contributed by atoms with Gasteiger partial charge in [0.2, 0.25) is 17.6 Å². The molecular weight excluding hydrogens is 756 g/mol. The Morgan fingerprint density at radius 3 is 2.23 bits per heavy atom. The zero-order valence-corrected chi connectivity index (χ0v) is 31.4. The molecule has 2 heterocycles. The number of hydrogen-bond acceptors (Lipinski definition) is 10. The first-order valence-electron chi connectivity index (χ1n) is 18.2. The van der Waals surface area contributed by atoms with Crippen LogP contribution in [0.1, 0.15) is 24.0 Å². The number of amides is 4. The van der Waals surface area contributed by atoms with Gasteiger partial charge in [0.25, 0.3) is 11.8 Å². The Bertz CT molecular complexity index is 2350. The van der Waals surface area contributed by atoms with Gasteiger partial charge in [-0.15, -0.1) is 0 Å². The smallest absolute Gasteiger partial charge is 0.488 e. The molecule has 4 aromatic rings. The minimum absolute atomic E-state index is 0.0231. The predicted molar refractivity (Wildman–Crippen MR) is 209 cm³/mol. The van der Waals surface area contributed by atoms with Crippen LogP contribution in [0.4, 0.5) is 15.8 Å². The molecular formula is C42H36BClFN3O9. The summed E-state index contributed by atoms with van der Waals surface area (Å²) < 4.78 is 24.7. The van der Waals surface area contributed by atoms with Crippen LogP contribution in [0.15, 0.2) is 103 Å². The first-order valence-corrected chi connectivity index (χ1v) is 18.6. The molecule has 2 saturated heterocycles. The number of carbonyl (C=O) groups excluding carboxylic acids is 4. The van der Waals surface area contributed by atoms with Crippen LogP contribution < -0.4 is 25.3 Å². The van der Waals surface area contributed by atoms with Crippen LogP contribution in [0.2, 0.25) is 5.02 Å². The van der Waals surface area contributed by atoms with Gasteiger partial charge in [-0.05, 0) is 96.0 Å². The monoisotopic (exact) mass is 791 g/mol. The highest BCUT2D eigenvalue weighted by atomic mass is 35.5. The highest BCUT2D eigenvalue weighted by molar-refractivity contribution is 6.58. The van der Waals surface area contributed by atoms with E-state index in [1.807, 2.05) is 6.08 Å². The molecule has 4 amide bonds. The Balaban J connectivity index is 1.30. The molecule has 290 valence electrons. The maximum Gasteiger partial charge on any atom is 0.488 e. The first kappa shape index (κ1) is 37.9. The molecule has 4 aromatic carbocycles. The van der Waals surface area contributed by atoms with Crippen LogP contribution in [-0.2, 0) is 24.6 Å². The molecule has 4 aliphatic rings. The number of phenolic OH excluding ortho intramolecular Hbond substituents is 1. The number of benzene rings is 4. The maximum atomic E-state index is 15.3. The number of halogens is 2. The van der Waals surface area contributed by atoms with E-state index in [1.54, 1.807) is 54.6 Å². The summed E-state index contributed by atoms with van der Waals surface area (Å²) in [6, 6.07) is 21.0.